The molecule has 0 N–H and O–H groups in total. The summed E-state index contributed by atoms with van der Waals surface area (Å²) in [6, 6.07) is 16.0. The maximum Gasteiger partial charge on any atom is 0.329 e. The van der Waals surface area contributed by atoms with Crippen LogP contribution in [0.15, 0.2) is 57.8 Å². The molecule has 4 aromatic rings. The van der Waals surface area contributed by atoms with E-state index >= 15 is 0 Å². The Morgan fingerprint density at radius 1 is 1.03 bits per heavy atom. The fourth-order valence-electron chi connectivity index (χ4n) is 4.72. The summed E-state index contributed by atoms with van der Waals surface area (Å²) in [4.78, 5) is 35.1. The van der Waals surface area contributed by atoms with E-state index in [0.29, 0.717) is 30.3 Å². The Morgan fingerprint density at radius 2 is 1.77 bits per heavy atom. The molecule has 1 saturated heterocycles. The molecular formula is C26H30N6O3. The van der Waals surface area contributed by atoms with Crippen molar-refractivity contribution in [1.82, 2.24) is 29.1 Å². The predicted octanol–water partition coefficient (Wildman–Crippen LogP) is 3.09. The number of amides is 1. The normalized spacial score (nSPS) is 14.8. The maximum absolute atomic E-state index is 13.4. The Balaban J connectivity index is 1.36. The SMILES string of the molecule is Cc1nc(-c2ccc3c(c2)n(CC(=O)N2CCN(Cc4ccccc4)CC2)c(=O)n3C(C)C)no1. The fourth-order valence-corrected chi connectivity index (χ4v) is 4.72. The van der Waals surface area contributed by atoms with E-state index in [1.807, 2.05) is 55.1 Å². The van der Waals surface area contributed by atoms with Gasteiger partial charge in [-0.1, -0.05) is 35.5 Å². The highest BCUT2D eigenvalue weighted by Gasteiger charge is 2.24. The first-order valence-electron chi connectivity index (χ1n) is 12.0. The first-order chi connectivity index (χ1) is 16.9. The lowest BCUT2D eigenvalue weighted by atomic mass is 10.2. The third-order valence-electron chi connectivity index (χ3n) is 6.53. The van der Waals surface area contributed by atoms with Gasteiger partial charge in [0.15, 0.2) is 0 Å². The van der Waals surface area contributed by atoms with Crippen molar-refractivity contribution in [1.29, 1.82) is 0 Å². The molecule has 0 saturated carbocycles. The summed E-state index contributed by atoms with van der Waals surface area (Å²) < 4.78 is 8.42. The highest BCUT2D eigenvalue weighted by molar-refractivity contribution is 5.84. The number of piperazine rings is 1. The quantitative estimate of drug-likeness (QED) is 0.427. The van der Waals surface area contributed by atoms with Crippen LogP contribution < -0.4 is 5.69 Å². The van der Waals surface area contributed by atoms with Crippen molar-refractivity contribution in [3.05, 3.63) is 70.5 Å². The molecule has 2 aromatic heterocycles. The number of benzene rings is 2. The molecule has 0 unspecified atom stereocenters. The Hall–Kier alpha value is -3.72. The second-order valence-corrected chi connectivity index (χ2v) is 9.32. The Morgan fingerprint density at radius 3 is 2.43 bits per heavy atom. The van der Waals surface area contributed by atoms with Gasteiger partial charge in [-0.05, 0) is 37.6 Å². The third kappa shape index (κ3) is 4.64. The van der Waals surface area contributed by atoms with Crippen LogP contribution >= 0.6 is 0 Å². The van der Waals surface area contributed by atoms with E-state index in [9.17, 15) is 9.59 Å². The summed E-state index contributed by atoms with van der Waals surface area (Å²) in [7, 11) is 0. The van der Waals surface area contributed by atoms with Crippen molar-refractivity contribution < 1.29 is 9.32 Å². The number of fused-ring (bicyclic) bond motifs is 1. The number of hydrogen-bond donors (Lipinski definition) is 0. The third-order valence-corrected chi connectivity index (χ3v) is 6.53. The summed E-state index contributed by atoms with van der Waals surface area (Å²) >= 11 is 0. The monoisotopic (exact) mass is 474 g/mol. The summed E-state index contributed by atoms with van der Waals surface area (Å²) in [6.45, 7) is 9.47. The van der Waals surface area contributed by atoms with Gasteiger partial charge in [-0.2, -0.15) is 4.98 Å². The van der Waals surface area contributed by atoms with Crippen LogP contribution in [0.25, 0.3) is 22.4 Å². The highest BCUT2D eigenvalue weighted by Crippen LogP contribution is 2.24. The van der Waals surface area contributed by atoms with E-state index in [1.165, 1.54) is 5.56 Å². The zero-order chi connectivity index (χ0) is 24.5. The molecule has 1 aliphatic heterocycles. The van der Waals surface area contributed by atoms with Crippen molar-refractivity contribution in [3.63, 3.8) is 0 Å². The van der Waals surface area contributed by atoms with Crippen molar-refractivity contribution in [2.45, 2.75) is 39.9 Å². The molecule has 3 heterocycles. The molecule has 0 radical (unpaired) electrons. The van der Waals surface area contributed by atoms with Crippen LogP contribution in [0.3, 0.4) is 0 Å². The molecule has 1 amide bonds. The van der Waals surface area contributed by atoms with Gasteiger partial charge in [0.05, 0.1) is 11.0 Å². The summed E-state index contributed by atoms with van der Waals surface area (Å²) in [5, 5.41) is 4.00. The minimum absolute atomic E-state index is 0.00244. The molecular weight excluding hydrogens is 444 g/mol. The predicted molar refractivity (Wildman–Crippen MR) is 133 cm³/mol. The number of nitrogens with zero attached hydrogens (tertiary/aromatic N) is 6. The van der Waals surface area contributed by atoms with E-state index in [1.54, 1.807) is 16.1 Å². The minimum Gasteiger partial charge on any atom is -0.339 e. The first-order valence-corrected chi connectivity index (χ1v) is 12.0. The molecule has 0 bridgehead atoms. The second-order valence-electron chi connectivity index (χ2n) is 9.32. The molecule has 1 fully saturated rings. The van der Waals surface area contributed by atoms with Gasteiger partial charge in [0.25, 0.3) is 0 Å². The van der Waals surface area contributed by atoms with Crippen LogP contribution in [0.4, 0.5) is 0 Å². The van der Waals surface area contributed by atoms with Crippen LogP contribution in [-0.2, 0) is 17.9 Å². The lowest BCUT2D eigenvalue weighted by molar-refractivity contribution is -0.133. The highest BCUT2D eigenvalue weighted by atomic mass is 16.5. The molecule has 2 aromatic carbocycles. The molecule has 0 aliphatic carbocycles. The van der Waals surface area contributed by atoms with Gasteiger partial charge >= 0.3 is 5.69 Å². The largest absolute Gasteiger partial charge is 0.339 e. The van der Waals surface area contributed by atoms with Crippen molar-refractivity contribution in [2.75, 3.05) is 26.2 Å². The average molecular weight is 475 g/mol. The molecule has 182 valence electrons. The summed E-state index contributed by atoms with van der Waals surface area (Å²) in [5.74, 6) is 0.885. The topological polar surface area (TPSA) is 89.4 Å². The number of carbonyl (C=O) groups is 1. The van der Waals surface area contributed by atoms with Gasteiger partial charge in [-0.25, -0.2) is 4.79 Å². The number of hydrogen-bond acceptors (Lipinski definition) is 6. The van der Waals surface area contributed by atoms with E-state index in [2.05, 4.69) is 27.2 Å². The molecule has 0 spiro atoms. The van der Waals surface area contributed by atoms with Crippen molar-refractivity contribution >= 4 is 16.9 Å². The van der Waals surface area contributed by atoms with Crippen LogP contribution in [-0.4, -0.2) is 61.2 Å². The van der Waals surface area contributed by atoms with Crippen molar-refractivity contribution in [3.8, 4) is 11.4 Å². The van der Waals surface area contributed by atoms with E-state index < -0.39 is 0 Å². The zero-order valence-electron chi connectivity index (χ0n) is 20.3. The van der Waals surface area contributed by atoms with Crippen LogP contribution in [0.5, 0.6) is 0 Å². The van der Waals surface area contributed by atoms with Crippen molar-refractivity contribution in [2.24, 2.45) is 0 Å². The summed E-state index contributed by atoms with van der Waals surface area (Å²) in [5.41, 5.74) is 3.31. The van der Waals surface area contributed by atoms with Crippen LogP contribution in [0.1, 0.15) is 31.3 Å². The van der Waals surface area contributed by atoms with Gasteiger partial charge in [0, 0.05) is 51.3 Å². The molecule has 9 nitrogen and oxygen atoms in total. The number of imidazole rings is 1. The van der Waals surface area contributed by atoms with Gasteiger partial charge in [-0.15, -0.1) is 0 Å². The number of carbonyl (C=O) groups excluding carboxylic acids is 1. The molecule has 9 heteroatoms. The standard InChI is InChI=1S/C26H30N6O3/c1-18(2)32-22-10-9-21(25-27-19(3)35-28-25)15-23(22)31(26(32)34)17-24(33)30-13-11-29(12-14-30)16-20-7-5-4-6-8-20/h4-10,15,18H,11-14,16-17H2,1-3H3. The molecule has 5 rings (SSSR count). The second kappa shape index (κ2) is 9.50. The Kier molecular flexibility index (Phi) is 6.25. The van der Waals surface area contributed by atoms with Crippen LogP contribution in [0.2, 0.25) is 0 Å². The van der Waals surface area contributed by atoms with Gasteiger partial charge in [0.2, 0.25) is 17.6 Å². The van der Waals surface area contributed by atoms with E-state index in [4.69, 9.17) is 4.52 Å². The smallest absolute Gasteiger partial charge is 0.329 e. The number of aryl methyl sites for hydroxylation is 1. The van der Waals surface area contributed by atoms with Crippen LogP contribution in [0, 0.1) is 6.92 Å². The van der Waals surface area contributed by atoms with E-state index in [0.717, 1.165) is 30.7 Å². The fraction of sp³-hybridized carbons (Fsp3) is 0.385. The van der Waals surface area contributed by atoms with Gasteiger partial charge in [-0.3, -0.25) is 18.8 Å². The lowest BCUT2D eigenvalue weighted by Crippen LogP contribution is -2.49. The first kappa shape index (κ1) is 23.0. The Bertz CT molecular complexity index is 1390. The average Bonchev–Trinajstić information content (AvgIpc) is 3.40. The minimum atomic E-state index is -0.187. The number of rotatable bonds is 6. The molecule has 35 heavy (non-hydrogen) atoms. The zero-order valence-corrected chi connectivity index (χ0v) is 20.3. The maximum atomic E-state index is 13.4. The van der Waals surface area contributed by atoms with Gasteiger partial charge in [0.1, 0.15) is 6.54 Å². The summed E-state index contributed by atoms with van der Waals surface area (Å²) in [6.07, 6.45) is 0. The molecule has 0 atom stereocenters. The van der Waals surface area contributed by atoms with Gasteiger partial charge < -0.3 is 9.42 Å². The lowest BCUT2D eigenvalue weighted by Gasteiger charge is -2.34. The Labute approximate surface area is 203 Å². The number of aromatic nitrogens is 4. The molecule has 1 aliphatic rings. The van der Waals surface area contributed by atoms with E-state index in [-0.39, 0.29) is 24.2 Å².